The Hall–Kier alpha value is -2.49. The number of hydrogen-bond donors (Lipinski definition) is 3. The maximum absolute atomic E-state index is 12.3. The van der Waals surface area contributed by atoms with Crippen LogP contribution in [0.15, 0.2) is 24.3 Å². The zero-order valence-electron chi connectivity index (χ0n) is 16.1. The molecular weight excluding hydrogens is 389 g/mol. The number of urea groups is 1. The van der Waals surface area contributed by atoms with E-state index in [1.165, 1.54) is 18.2 Å². The summed E-state index contributed by atoms with van der Waals surface area (Å²) in [5, 5.41) is 5.19. The molecule has 0 radical (unpaired) electrons. The number of nitrogens with zero attached hydrogens (tertiary/aromatic N) is 1. The van der Waals surface area contributed by atoms with Crippen molar-refractivity contribution in [3.63, 3.8) is 0 Å². The van der Waals surface area contributed by atoms with Crippen LogP contribution in [-0.4, -0.2) is 55.8 Å². The summed E-state index contributed by atoms with van der Waals surface area (Å²) in [6, 6.07) is 5.46. The molecule has 0 spiro atoms. The van der Waals surface area contributed by atoms with E-state index in [4.69, 9.17) is 10.5 Å². The van der Waals surface area contributed by atoms with E-state index < -0.39 is 18.8 Å². The smallest absolute Gasteiger partial charge is 0.422 e. The van der Waals surface area contributed by atoms with Gasteiger partial charge in [0, 0.05) is 12.5 Å². The fourth-order valence-corrected chi connectivity index (χ4v) is 3.13. The van der Waals surface area contributed by atoms with Gasteiger partial charge in [-0.15, -0.1) is 0 Å². The van der Waals surface area contributed by atoms with Crippen molar-refractivity contribution in [1.82, 2.24) is 10.2 Å². The number of nitrogens with one attached hydrogen (secondary N) is 2. The maximum Gasteiger partial charge on any atom is 0.422 e. The van der Waals surface area contributed by atoms with Crippen LogP contribution in [0.1, 0.15) is 25.7 Å². The van der Waals surface area contributed by atoms with Crippen molar-refractivity contribution in [2.24, 2.45) is 11.7 Å². The zero-order chi connectivity index (χ0) is 21.3. The molecule has 0 bridgehead atoms. The van der Waals surface area contributed by atoms with Gasteiger partial charge in [-0.05, 0) is 57.5 Å². The first-order chi connectivity index (χ1) is 13.7. The molecule has 1 saturated heterocycles. The number of rotatable bonds is 9. The van der Waals surface area contributed by atoms with Crippen molar-refractivity contribution in [2.45, 2.75) is 31.9 Å². The van der Waals surface area contributed by atoms with Gasteiger partial charge in [-0.2, -0.15) is 13.2 Å². The Morgan fingerprint density at radius 3 is 2.52 bits per heavy atom. The standard InChI is InChI=1S/C19H27F3N4O3/c20-19(21,22)13-29-16-6-2-1-5-15(16)25-18(28)24-9-3-4-10-26-11-7-14(8-12-26)17(23)27/h1-2,5-6,14H,3-4,7-13H2,(H2,23,27)(H2,24,25,28). The van der Waals surface area contributed by atoms with Gasteiger partial charge in [-0.25, -0.2) is 4.79 Å². The monoisotopic (exact) mass is 416 g/mol. The van der Waals surface area contributed by atoms with E-state index in [0.29, 0.717) is 6.54 Å². The van der Waals surface area contributed by atoms with Gasteiger partial charge >= 0.3 is 12.2 Å². The molecule has 1 aliphatic heterocycles. The highest BCUT2D eigenvalue weighted by Gasteiger charge is 2.29. The molecule has 7 nitrogen and oxygen atoms in total. The number of nitrogens with two attached hydrogens (primary N) is 1. The number of alkyl halides is 3. The molecule has 3 amide bonds. The number of benzene rings is 1. The van der Waals surface area contributed by atoms with Gasteiger partial charge in [0.2, 0.25) is 5.91 Å². The number of likely N-dealkylation sites (tertiary alicyclic amines) is 1. The van der Waals surface area contributed by atoms with E-state index in [2.05, 4.69) is 15.5 Å². The number of hydrogen-bond acceptors (Lipinski definition) is 4. The molecule has 1 aromatic carbocycles. The highest BCUT2D eigenvalue weighted by atomic mass is 19.4. The van der Waals surface area contributed by atoms with Crippen LogP contribution in [0.3, 0.4) is 0 Å². The number of unbranched alkanes of at least 4 members (excludes halogenated alkanes) is 1. The minimum atomic E-state index is -4.45. The molecule has 10 heteroatoms. The molecule has 1 fully saturated rings. The second-order valence-electron chi connectivity index (χ2n) is 7.01. The third kappa shape index (κ3) is 8.59. The van der Waals surface area contributed by atoms with Crippen LogP contribution in [-0.2, 0) is 4.79 Å². The molecule has 0 aromatic heterocycles. The van der Waals surface area contributed by atoms with Crippen LogP contribution in [0.4, 0.5) is 23.7 Å². The average molecular weight is 416 g/mol. The van der Waals surface area contributed by atoms with Gasteiger partial charge in [0.15, 0.2) is 6.61 Å². The van der Waals surface area contributed by atoms with E-state index >= 15 is 0 Å². The SMILES string of the molecule is NC(=O)C1CCN(CCCCNC(=O)Nc2ccccc2OCC(F)(F)F)CC1. The Balaban J connectivity index is 1.64. The number of carbonyl (C=O) groups is 2. The van der Waals surface area contributed by atoms with Gasteiger partial charge in [-0.3, -0.25) is 4.79 Å². The van der Waals surface area contributed by atoms with Crippen molar-refractivity contribution < 1.29 is 27.5 Å². The lowest BCUT2D eigenvalue weighted by atomic mass is 9.96. The molecule has 0 atom stereocenters. The van der Waals surface area contributed by atoms with Gasteiger partial charge in [0.1, 0.15) is 5.75 Å². The molecule has 29 heavy (non-hydrogen) atoms. The summed E-state index contributed by atoms with van der Waals surface area (Å²) in [6.07, 6.45) is -1.25. The number of ether oxygens (including phenoxy) is 1. The number of piperidine rings is 1. The van der Waals surface area contributed by atoms with E-state index in [-0.39, 0.29) is 23.3 Å². The van der Waals surface area contributed by atoms with Crippen LogP contribution in [0.5, 0.6) is 5.75 Å². The van der Waals surface area contributed by atoms with E-state index in [1.54, 1.807) is 6.07 Å². The molecule has 1 aliphatic rings. The van der Waals surface area contributed by atoms with E-state index in [9.17, 15) is 22.8 Å². The Kier molecular flexibility index (Phi) is 8.56. The summed E-state index contributed by atoms with van der Waals surface area (Å²) >= 11 is 0. The van der Waals surface area contributed by atoms with Gasteiger partial charge in [-0.1, -0.05) is 12.1 Å². The lowest BCUT2D eigenvalue weighted by Crippen LogP contribution is -2.39. The van der Waals surface area contributed by atoms with Gasteiger partial charge in [0.25, 0.3) is 0 Å². The number of anilines is 1. The highest BCUT2D eigenvalue weighted by molar-refractivity contribution is 5.90. The molecule has 0 unspecified atom stereocenters. The van der Waals surface area contributed by atoms with Crippen LogP contribution in [0.2, 0.25) is 0 Å². The Bertz CT molecular complexity index is 677. The largest absolute Gasteiger partial charge is 0.482 e. The third-order valence-electron chi connectivity index (χ3n) is 4.70. The normalized spacial score (nSPS) is 15.7. The van der Waals surface area contributed by atoms with Crippen LogP contribution >= 0.6 is 0 Å². The number of para-hydroxylation sites is 2. The number of primary amides is 1. The average Bonchev–Trinajstić information content (AvgIpc) is 2.67. The number of carbonyl (C=O) groups excluding carboxylic acids is 2. The summed E-state index contributed by atoms with van der Waals surface area (Å²) < 4.78 is 41.7. The first kappa shape index (κ1) is 22.8. The van der Waals surface area contributed by atoms with Crippen molar-refractivity contribution in [2.75, 3.05) is 38.1 Å². The second-order valence-corrected chi connectivity index (χ2v) is 7.01. The predicted octanol–water partition coefficient (Wildman–Crippen LogP) is 2.73. The summed E-state index contributed by atoms with van der Waals surface area (Å²) in [6.45, 7) is 1.58. The number of amides is 3. The maximum atomic E-state index is 12.3. The molecule has 1 aromatic rings. The molecule has 1 heterocycles. The van der Waals surface area contributed by atoms with E-state index in [0.717, 1.165) is 45.3 Å². The lowest BCUT2D eigenvalue weighted by molar-refractivity contribution is -0.153. The Labute approximate surface area is 167 Å². The van der Waals surface area contributed by atoms with Crippen molar-refractivity contribution in [1.29, 1.82) is 0 Å². The molecule has 0 saturated carbocycles. The predicted molar refractivity (Wildman–Crippen MR) is 103 cm³/mol. The van der Waals surface area contributed by atoms with Gasteiger partial charge < -0.3 is 26.0 Å². The zero-order valence-corrected chi connectivity index (χ0v) is 16.1. The van der Waals surface area contributed by atoms with Gasteiger partial charge in [0.05, 0.1) is 5.69 Å². The minimum Gasteiger partial charge on any atom is -0.482 e. The first-order valence-electron chi connectivity index (χ1n) is 9.59. The molecular formula is C19H27F3N4O3. The lowest BCUT2D eigenvalue weighted by Gasteiger charge is -2.30. The summed E-state index contributed by atoms with van der Waals surface area (Å²) in [7, 11) is 0. The Morgan fingerprint density at radius 2 is 1.86 bits per heavy atom. The van der Waals surface area contributed by atoms with Crippen molar-refractivity contribution in [3.05, 3.63) is 24.3 Å². The van der Waals surface area contributed by atoms with Crippen molar-refractivity contribution in [3.8, 4) is 5.75 Å². The first-order valence-corrected chi connectivity index (χ1v) is 9.59. The molecule has 0 aliphatic carbocycles. The third-order valence-corrected chi connectivity index (χ3v) is 4.70. The van der Waals surface area contributed by atoms with Crippen LogP contribution in [0, 0.1) is 5.92 Å². The molecule has 4 N–H and O–H groups in total. The topological polar surface area (TPSA) is 96.7 Å². The Morgan fingerprint density at radius 1 is 1.17 bits per heavy atom. The van der Waals surface area contributed by atoms with Crippen molar-refractivity contribution >= 4 is 17.6 Å². The quantitative estimate of drug-likeness (QED) is 0.540. The highest BCUT2D eigenvalue weighted by Crippen LogP contribution is 2.26. The van der Waals surface area contributed by atoms with Crippen LogP contribution < -0.4 is 21.1 Å². The molecule has 2 rings (SSSR count). The fraction of sp³-hybridized carbons (Fsp3) is 0.579. The number of halogens is 3. The summed E-state index contributed by atoms with van der Waals surface area (Å²) in [5.74, 6) is -0.302. The summed E-state index contributed by atoms with van der Waals surface area (Å²) in [4.78, 5) is 25.4. The fourth-order valence-electron chi connectivity index (χ4n) is 3.13. The van der Waals surface area contributed by atoms with E-state index in [1.807, 2.05) is 0 Å². The second kappa shape index (κ2) is 10.9. The minimum absolute atomic E-state index is 0.0281. The van der Waals surface area contributed by atoms with Crippen LogP contribution in [0.25, 0.3) is 0 Å². The summed E-state index contributed by atoms with van der Waals surface area (Å²) in [5.41, 5.74) is 5.49. The molecule has 162 valence electrons.